The van der Waals surface area contributed by atoms with Crippen LogP contribution in [0.25, 0.3) is 5.70 Å². The molecule has 3 rings (SSSR count). The second kappa shape index (κ2) is 5.92. The normalized spacial score (nSPS) is 16.7. The van der Waals surface area contributed by atoms with Gasteiger partial charge in [-0.25, -0.2) is 5.01 Å². The van der Waals surface area contributed by atoms with Gasteiger partial charge in [-0.05, 0) is 17.7 Å². The summed E-state index contributed by atoms with van der Waals surface area (Å²) in [6.07, 6.45) is 1.83. The van der Waals surface area contributed by atoms with E-state index in [2.05, 4.69) is 5.43 Å². The van der Waals surface area contributed by atoms with Gasteiger partial charge in [0.05, 0.1) is 16.2 Å². The average Bonchev–Trinajstić information content (AvgIpc) is 3.01. The second-order valence-electron chi connectivity index (χ2n) is 5.21. The lowest BCUT2D eigenvalue weighted by molar-refractivity contribution is -0.385. The van der Waals surface area contributed by atoms with Crippen molar-refractivity contribution in [2.75, 3.05) is 0 Å². The van der Waals surface area contributed by atoms with Crippen molar-refractivity contribution in [3.05, 3.63) is 81.9 Å². The Bertz CT molecular complexity index is 787. The van der Waals surface area contributed by atoms with Gasteiger partial charge >= 0.3 is 0 Å². The van der Waals surface area contributed by atoms with Crippen molar-refractivity contribution in [1.82, 2.24) is 10.4 Å². The Balaban J connectivity index is 2.07. The van der Waals surface area contributed by atoms with Crippen molar-refractivity contribution in [1.29, 1.82) is 0 Å². The highest BCUT2D eigenvalue weighted by Crippen LogP contribution is 2.35. The molecule has 0 aliphatic carbocycles. The molecule has 116 valence electrons. The number of nitrogens with zero attached hydrogens (tertiary/aromatic N) is 2. The van der Waals surface area contributed by atoms with E-state index in [1.807, 2.05) is 36.4 Å². The molecule has 1 heterocycles. The summed E-state index contributed by atoms with van der Waals surface area (Å²) in [6, 6.07) is 15.5. The van der Waals surface area contributed by atoms with Gasteiger partial charge in [-0.2, -0.15) is 0 Å². The van der Waals surface area contributed by atoms with Crippen LogP contribution in [0.5, 0.6) is 0 Å². The molecule has 0 saturated carbocycles. The maximum atomic E-state index is 11.9. The second-order valence-corrected chi connectivity index (χ2v) is 5.21. The van der Waals surface area contributed by atoms with E-state index in [1.54, 1.807) is 18.2 Å². The molecule has 0 radical (unpaired) electrons. The van der Waals surface area contributed by atoms with Gasteiger partial charge in [0.2, 0.25) is 5.91 Å². The minimum absolute atomic E-state index is 0.00360. The highest BCUT2D eigenvalue weighted by atomic mass is 16.6. The number of benzene rings is 2. The molecular formula is C17H15N3O3. The van der Waals surface area contributed by atoms with E-state index in [0.29, 0.717) is 5.56 Å². The predicted molar refractivity (Wildman–Crippen MR) is 85.9 cm³/mol. The van der Waals surface area contributed by atoms with E-state index in [-0.39, 0.29) is 11.6 Å². The standard InChI is InChI=1S/C17H15N3O3/c1-12(21)19-17(14-9-5-6-10-16(14)20(22)23)11-15(18-19)13-7-3-2-4-8-13/h2-11,17-18H,1H3. The minimum atomic E-state index is -0.524. The quantitative estimate of drug-likeness (QED) is 0.698. The fourth-order valence-electron chi connectivity index (χ4n) is 2.65. The maximum absolute atomic E-state index is 11.9. The summed E-state index contributed by atoms with van der Waals surface area (Å²) in [7, 11) is 0. The third kappa shape index (κ3) is 2.78. The summed E-state index contributed by atoms with van der Waals surface area (Å²) < 4.78 is 0. The predicted octanol–water partition coefficient (Wildman–Crippen LogP) is 3.04. The molecule has 1 N–H and O–H groups in total. The molecule has 0 spiro atoms. The van der Waals surface area contributed by atoms with Crippen molar-refractivity contribution in [3.63, 3.8) is 0 Å². The van der Waals surface area contributed by atoms with Gasteiger partial charge in [0, 0.05) is 13.0 Å². The van der Waals surface area contributed by atoms with Gasteiger partial charge in [-0.15, -0.1) is 0 Å². The molecule has 1 aliphatic heterocycles. The molecule has 2 aromatic rings. The van der Waals surface area contributed by atoms with Crippen molar-refractivity contribution in [2.45, 2.75) is 13.0 Å². The summed E-state index contributed by atoms with van der Waals surface area (Å²) in [5.41, 5.74) is 5.19. The number of nitro groups is 1. The molecule has 0 aromatic heterocycles. The number of carbonyl (C=O) groups excluding carboxylic acids is 1. The summed E-state index contributed by atoms with van der Waals surface area (Å²) in [4.78, 5) is 22.8. The van der Waals surface area contributed by atoms with Crippen LogP contribution in [0.3, 0.4) is 0 Å². The van der Waals surface area contributed by atoms with Crippen LogP contribution in [-0.4, -0.2) is 15.8 Å². The molecular weight excluding hydrogens is 294 g/mol. The lowest BCUT2D eigenvalue weighted by Crippen LogP contribution is -2.38. The smallest absolute Gasteiger partial charge is 0.275 e. The van der Waals surface area contributed by atoms with Gasteiger partial charge in [0.15, 0.2) is 0 Å². The SMILES string of the molecule is CC(=O)N1NC(c2ccccc2)=CC1c1ccccc1[N+](=O)[O-]. The van der Waals surface area contributed by atoms with Gasteiger partial charge in [-0.3, -0.25) is 20.3 Å². The zero-order chi connectivity index (χ0) is 16.4. The van der Waals surface area contributed by atoms with Crippen molar-refractivity contribution >= 4 is 17.3 Å². The molecule has 23 heavy (non-hydrogen) atoms. The number of nitro benzene ring substituents is 1. The average molecular weight is 309 g/mol. The highest BCUT2D eigenvalue weighted by Gasteiger charge is 2.32. The van der Waals surface area contributed by atoms with Gasteiger partial charge < -0.3 is 0 Å². The first-order chi connectivity index (χ1) is 11.1. The van der Waals surface area contributed by atoms with Crippen LogP contribution in [-0.2, 0) is 4.79 Å². The van der Waals surface area contributed by atoms with Crippen LogP contribution >= 0.6 is 0 Å². The summed E-state index contributed by atoms with van der Waals surface area (Å²) in [5, 5.41) is 12.7. The Labute approximate surface area is 133 Å². The largest absolute Gasteiger partial charge is 0.295 e. The van der Waals surface area contributed by atoms with Crippen LogP contribution in [0.15, 0.2) is 60.7 Å². The summed E-state index contributed by atoms with van der Waals surface area (Å²) in [6.45, 7) is 1.43. The summed E-state index contributed by atoms with van der Waals surface area (Å²) in [5.74, 6) is -0.213. The zero-order valence-electron chi connectivity index (χ0n) is 12.5. The Hall–Kier alpha value is -3.15. The summed E-state index contributed by atoms with van der Waals surface area (Å²) >= 11 is 0. The fourth-order valence-corrected chi connectivity index (χ4v) is 2.65. The molecule has 1 atom stereocenters. The molecule has 1 unspecified atom stereocenters. The zero-order valence-corrected chi connectivity index (χ0v) is 12.5. The third-order valence-electron chi connectivity index (χ3n) is 3.72. The molecule has 2 aromatic carbocycles. The Morgan fingerprint density at radius 2 is 1.78 bits per heavy atom. The number of hydrogen-bond acceptors (Lipinski definition) is 4. The first kappa shape index (κ1) is 14.8. The number of carbonyl (C=O) groups is 1. The van der Waals surface area contributed by atoms with Gasteiger partial charge in [-0.1, -0.05) is 42.5 Å². The van der Waals surface area contributed by atoms with Gasteiger partial charge in [0.25, 0.3) is 5.69 Å². The number of nitrogens with one attached hydrogen (secondary N) is 1. The Kier molecular flexibility index (Phi) is 3.80. The highest BCUT2D eigenvalue weighted by molar-refractivity contribution is 5.79. The first-order valence-electron chi connectivity index (χ1n) is 7.15. The van der Waals surface area contributed by atoms with Crippen LogP contribution in [0, 0.1) is 10.1 Å². The lowest BCUT2D eigenvalue weighted by atomic mass is 10.0. The Morgan fingerprint density at radius 3 is 2.43 bits per heavy atom. The molecule has 0 bridgehead atoms. The molecule has 0 saturated heterocycles. The van der Waals surface area contributed by atoms with E-state index in [1.165, 1.54) is 18.0 Å². The van der Waals surface area contributed by atoms with Crippen molar-refractivity contribution in [3.8, 4) is 0 Å². The van der Waals surface area contributed by atoms with Crippen LogP contribution < -0.4 is 5.43 Å². The maximum Gasteiger partial charge on any atom is 0.275 e. The van der Waals surface area contributed by atoms with Crippen LogP contribution in [0.4, 0.5) is 5.69 Å². The van der Waals surface area contributed by atoms with Crippen molar-refractivity contribution < 1.29 is 9.72 Å². The number of para-hydroxylation sites is 1. The number of hydrogen-bond donors (Lipinski definition) is 1. The topological polar surface area (TPSA) is 75.5 Å². The number of hydrazine groups is 1. The van der Waals surface area contributed by atoms with Crippen molar-refractivity contribution in [2.24, 2.45) is 0 Å². The van der Waals surface area contributed by atoms with Crippen LogP contribution in [0.1, 0.15) is 24.1 Å². The molecule has 0 fully saturated rings. The molecule has 6 heteroatoms. The Morgan fingerprint density at radius 1 is 1.13 bits per heavy atom. The van der Waals surface area contributed by atoms with Gasteiger partial charge in [0.1, 0.15) is 6.04 Å². The molecule has 1 amide bonds. The fraction of sp³-hybridized carbons (Fsp3) is 0.118. The van der Waals surface area contributed by atoms with E-state index < -0.39 is 11.0 Å². The first-order valence-corrected chi connectivity index (χ1v) is 7.15. The van der Waals surface area contributed by atoms with E-state index in [4.69, 9.17) is 0 Å². The van der Waals surface area contributed by atoms with E-state index >= 15 is 0 Å². The number of rotatable bonds is 3. The monoisotopic (exact) mass is 309 g/mol. The van der Waals surface area contributed by atoms with E-state index in [9.17, 15) is 14.9 Å². The lowest BCUT2D eigenvalue weighted by Gasteiger charge is -2.23. The molecule has 6 nitrogen and oxygen atoms in total. The van der Waals surface area contributed by atoms with Crippen LogP contribution in [0.2, 0.25) is 0 Å². The van der Waals surface area contributed by atoms with E-state index in [0.717, 1.165) is 11.3 Å². The molecule has 1 aliphatic rings. The third-order valence-corrected chi connectivity index (χ3v) is 3.72. The number of amides is 1. The minimum Gasteiger partial charge on any atom is -0.295 e.